The number of carbonyl (C=O) groups excluding carboxylic acids is 4. The minimum atomic E-state index is -0.750. The molecule has 1 aliphatic carbocycles. The van der Waals surface area contributed by atoms with Gasteiger partial charge in [-0.2, -0.15) is 11.8 Å². The van der Waals surface area contributed by atoms with E-state index in [0.29, 0.717) is 25.9 Å². The number of carbonyl (C=O) groups is 4. The predicted octanol–water partition coefficient (Wildman–Crippen LogP) is 1.02. The fraction of sp³-hybridized carbons (Fsp3) is 0.800. The zero-order valence-corrected chi connectivity index (χ0v) is 18.7. The minimum absolute atomic E-state index is 0.116. The maximum absolute atomic E-state index is 12.9. The molecule has 2 fully saturated rings. The lowest BCUT2D eigenvalue weighted by atomic mass is 9.96. The summed E-state index contributed by atoms with van der Waals surface area (Å²) in [5.41, 5.74) is 0. The monoisotopic (exact) mass is 442 g/mol. The molecule has 9 nitrogen and oxygen atoms in total. The molecule has 0 aromatic heterocycles. The Kier molecular flexibility index (Phi) is 10.3. The van der Waals surface area contributed by atoms with E-state index in [-0.39, 0.29) is 42.0 Å². The Bertz CT molecular complexity index is 612. The first-order valence-corrected chi connectivity index (χ1v) is 12.1. The van der Waals surface area contributed by atoms with Crippen LogP contribution in [0.4, 0.5) is 4.79 Å². The summed E-state index contributed by atoms with van der Waals surface area (Å²) in [7, 11) is 1.32. The number of thioether (sulfide) groups is 1. The summed E-state index contributed by atoms with van der Waals surface area (Å²) in [6.45, 7) is 0.726. The van der Waals surface area contributed by atoms with Gasteiger partial charge in [-0.3, -0.25) is 14.4 Å². The number of nitrogens with one attached hydrogen (secondary N) is 3. The maximum Gasteiger partial charge on any atom is 0.315 e. The highest BCUT2D eigenvalue weighted by Crippen LogP contribution is 2.21. The molecule has 2 atom stereocenters. The molecule has 1 saturated carbocycles. The topological polar surface area (TPSA) is 117 Å². The van der Waals surface area contributed by atoms with Gasteiger partial charge in [0.25, 0.3) is 0 Å². The van der Waals surface area contributed by atoms with Crippen LogP contribution < -0.4 is 16.0 Å². The molecule has 30 heavy (non-hydrogen) atoms. The standard InChI is InChI=1S/C20H34N4O5S/c1-29-17(26)9-6-11-21-19(27)18-15(10-12-24(18)16(25)13-30-2)23-20(28)22-14-7-4-3-5-8-14/h14-15,18H,3-13H2,1-2H3,(H,21,27)(H2,22,23,28)/t15-,18-/m0/s1. The third kappa shape index (κ3) is 7.37. The lowest BCUT2D eigenvalue weighted by Crippen LogP contribution is -2.57. The molecule has 170 valence electrons. The zero-order valence-electron chi connectivity index (χ0n) is 17.9. The molecule has 0 aromatic carbocycles. The van der Waals surface area contributed by atoms with Gasteiger partial charge >= 0.3 is 12.0 Å². The Morgan fingerprint density at radius 3 is 2.47 bits per heavy atom. The van der Waals surface area contributed by atoms with E-state index in [9.17, 15) is 19.2 Å². The predicted molar refractivity (Wildman–Crippen MR) is 115 cm³/mol. The molecular weight excluding hydrogens is 408 g/mol. The summed E-state index contributed by atoms with van der Waals surface area (Å²) in [6, 6.07) is -1.31. The van der Waals surface area contributed by atoms with E-state index in [1.54, 1.807) is 4.90 Å². The molecule has 0 radical (unpaired) electrons. The highest BCUT2D eigenvalue weighted by Gasteiger charge is 2.42. The Balaban J connectivity index is 1.94. The van der Waals surface area contributed by atoms with Crippen LogP contribution in [0.5, 0.6) is 0 Å². The molecule has 1 saturated heterocycles. The van der Waals surface area contributed by atoms with Gasteiger partial charge in [-0.1, -0.05) is 19.3 Å². The zero-order chi connectivity index (χ0) is 21.9. The third-order valence-electron chi connectivity index (χ3n) is 5.60. The van der Waals surface area contributed by atoms with Crippen molar-refractivity contribution >= 4 is 35.6 Å². The van der Waals surface area contributed by atoms with Crippen molar-refractivity contribution in [2.45, 2.75) is 69.5 Å². The van der Waals surface area contributed by atoms with E-state index in [0.717, 1.165) is 25.7 Å². The highest BCUT2D eigenvalue weighted by molar-refractivity contribution is 7.99. The van der Waals surface area contributed by atoms with Crippen LogP contribution in [0.3, 0.4) is 0 Å². The number of nitrogens with zero attached hydrogens (tertiary/aromatic N) is 1. The summed E-state index contributed by atoms with van der Waals surface area (Å²) < 4.78 is 4.59. The van der Waals surface area contributed by atoms with Gasteiger partial charge in [-0.05, 0) is 31.9 Å². The van der Waals surface area contributed by atoms with Crippen molar-refractivity contribution in [2.24, 2.45) is 0 Å². The van der Waals surface area contributed by atoms with Crippen molar-refractivity contribution in [3.05, 3.63) is 0 Å². The molecule has 1 aliphatic heterocycles. The van der Waals surface area contributed by atoms with Crippen molar-refractivity contribution in [3.63, 3.8) is 0 Å². The van der Waals surface area contributed by atoms with E-state index in [4.69, 9.17) is 0 Å². The summed E-state index contributed by atoms with van der Waals surface area (Å²) in [6.07, 6.45) is 8.39. The van der Waals surface area contributed by atoms with Crippen molar-refractivity contribution < 1.29 is 23.9 Å². The molecule has 0 aromatic rings. The number of amides is 4. The molecule has 2 rings (SSSR count). The van der Waals surface area contributed by atoms with E-state index in [1.165, 1.54) is 25.3 Å². The molecule has 0 spiro atoms. The van der Waals surface area contributed by atoms with Crippen LogP contribution in [0.15, 0.2) is 0 Å². The number of hydrogen-bond acceptors (Lipinski definition) is 6. The fourth-order valence-corrected chi connectivity index (χ4v) is 4.46. The number of ether oxygens (including phenoxy) is 1. The Morgan fingerprint density at radius 2 is 1.80 bits per heavy atom. The fourth-order valence-electron chi connectivity index (χ4n) is 4.05. The molecule has 0 unspecified atom stereocenters. The van der Waals surface area contributed by atoms with Gasteiger partial charge in [0, 0.05) is 25.6 Å². The van der Waals surface area contributed by atoms with Gasteiger partial charge in [0.2, 0.25) is 11.8 Å². The van der Waals surface area contributed by atoms with Crippen LogP contribution >= 0.6 is 11.8 Å². The first kappa shape index (κ1) is 24.3. The van der Waals surface area contributed by atoms with Crippen molar-refractivity contribution in [3.8, 4) is 0 Å². The van der Waals surface area contributed by atoms with Crippen LogP contribution in [-0.4, -0.2) is 79.0 Å². The Hall–Kier alpha value is -1.97. The van der Waals surface area contributed by atoms with Crippen LogP contribution in [-0.2, 0) is 19.1 Å². The van der Waals surface area contributed by atoms with Crippen LogP contribution in [0.1, 0.15) is 51.4 Å². The smallest absolute Gasteiger partial charge is 0.315 e. The molecule has 0 bridgehead atoms. The van der Waals surface area contributed by atoms with E-state index in [1.807, 2.05) is 6.26 Å². The molecule has 4 amide bonds. The average Bonchev–Trinajstić information content (AvgIpc) is 3.15. The average molecular weight is 443 g/mol. The molecule has 1 heterocycles. The van der Waals surface area contributed by atoms with Gasteiger partial charge in [0.05, 0.1) is 18.9 Å². The SMILES string of the molecule is COC(=O)CCCNC(=O)[C@@H]1[C@@H](NC(=O)NC2CCCCC2)CCN1C(=O)CSC. The lowest BCUT2D eigenvalue weighted by Gasteiger charge is -2.29. The van der Waals surface area contributed by atoms with Gasteiger partial charge in [0.1, 0.15) is 6.04 Å². The first-order valence-electron chi connectivity index (χ1n) is 10.7. The normalized spacial score (nSPS) is 21.7. The first-order chi connectivity index (χ1) is 14.5. The number of rotatable bonds is 9. The largest absolute Gasteiger partial charge is 0.469 e. The summed E-state index contributed by atoms with van der Waals surface area (Å²) in [5.74, 6) is -0.475. The van der Waals surface area contributed by atoms with E-state index in [2.05, 4.69) is 20.7 Å². The lowest BCUT2D eigenvalue weighted by molar-refractivity contribution is -0.140. The third-order valence-corrected chi connectivity index (χ3v) is 6.13. The van der Waals surface area contributed by atoms with E-state index < -0.39 is 12.1 Å². The number of urea groups is 1. The van der Waals surface area contributed by atoms with Gasteiger partial charge in [-0.25, -0.2) is 4.79 Å². The number of likely N-dealkylation sites (tertiary alicyclic amines) is 1. The second kappa shape index (κ2) is 12.7. The van der Waals surface area contributed by atoms with Gasteiger partial charge in [0.15, 0.2) is 0 Å². The van der Waals surface area contributed by atoms with Crippen LogP contribution in [0.2, 0.25) is 0 Å². The molecule has 3 N–H and O–H groups in total. The Morgan fingerprint density at radius 1 is 1.07 bits per heavy atom. The van der Waals surface area contributed by atoms with Gasteiger partial charge < -0.3 is 25.6 Å². The van der Waals surface area contributed by atoms with E-state index >= 15 is 0 Å². The Labute approximate surface area is 182 Å². The van der Waals surface area contributed by atoms with Crippen molar-refractivity contribution in [2.75, 3.05) is 32.2 Å². The van der Waals surface area contributed by atoms with Crippen LogP contribution in [0.25, 0.3) is 0 Å². The summed E-state index contributed by atoms with van der Waals surface area (Å²) in [4.78, 5) is 50.6. The van der Waals surface area contributed by atoms with Crippen molar-refractivity contribution in [1.29, 1.82) is 0 Å². The van der Waals surface area contributed by atoms with Crippen LogP contribution in [0, 0.1) is 0 Å². The molecule has 2 aliphatic rings. The number of methoxy groups -OCH3 is 1. The molecular formula is C20H34N4O5S. The molecule has 10 heteroatoms. The van der Waals surface area contributed by atoms with Crippen molar-refractivity contribution in [1.82, 2.24) is 20.9 Å². The van der Waals surface area contributed by atoms with Gasteiger partial charge in [-0.15, -0.1) is 0 Å². The highest BCUT2D eigenvalue weighted by atomic mass is 32.2. The summed E-state index contributed by atoms with van der Waals surface area (Å²) in [5, 5.41) is 8.72. The number of esters is 1. The maximum atomic E-state index is 12.9. The second-order valence-corrected chi connectivity index (χ2v) is 8.65. The second-order valence-electron chi connectivity index (χ2n) is 7.78. The quantitative estimate of drug-likeness (QED) is 0.363. The number of hydrogen-bond donors (Lipinski definition) is 3. The summed E-state index contributed by atoms with van der Waals surface area (Å²) >= 11 is 1.40. The minimum Gasteiger partial charge on any atom is -0.469 e.